The van der Waals surface area contributed by atoms with Crippen molar-refractivity contribution in [1.82, 2.24) is 9.97 Å². The Bertz CT molecular complexity index is 487. The molecule has 0 saturated carbocycles. The maximum Gasteiger partial charge on any atom is 0.145 e. The van der Waals surface area contributed by atoms with E-state index in [9.17, 15) is 0 Å². The fourth-order valence-corrected chi connectivity index (χ4v) is 1.89. The Morgan fingerprint density at radius 1 is 1.29 bits per heavy atom. The quantitative estimate of drug-likeness (QED) is 0.590. The van der Waals surface area contributed by atoms with Crippen LogP contribution >= 0.6 is 39.1 Å². The Morgan fingerprint density at radius 3 is 2.79 bits per heavy atom. The number of hydrogen-bond donors (Lipinski definition) is 0. The molecule has 0 unspecified atom stereocenters. The molecule has 72 valence electrons. The molecule has 1 aromatic carbocycles. The molecule has 0 amide bonds. The number of aromatic nitrogens is 2. The molecular formula is C9H5BrCl2N2. The van der Waals surface area contributed by atoms with Gasteiger partial charge in [-0.1, -0.05) is 27.5 Å². The number of nitrogens with zero attached hydrogens (tertiary/aromatic N) is 2. The van der Waals surface area contributed by atoms with Gasteiger partial charge in [0.15, 0.2) is 0 Å². The van der Waals surface area contributed by atoms with Crippen molar-refractivity contribution in [3.05, 3.63) is 33.6 Å². The number of benzene rings is 1. The van der Waals surface area contributed by atoms with E-state index in [0.717, 1.165) is 15.4 Å². The minimum Gasteiger partial charge on any atom is -0.231 e. The first-order valence-corrected chi connectivity index (χ1v) is 5.59. The van der Waals surface area contributed by atoms with Crippen LogP contribution in [-0.2, 0) is 5.88 Å². The molecule has 0 bridgehead atoms. The monoisotopic (exact) mass is 290 g/mol. The number of fused-ring (bicyclic) bond motifs is 1. The molecular weight excluding hydrogens is 287 g/mol. The van der Waals surface area contributed by atoms with Crippen molar-refractivity contribution >= 4 is 50.0 Å². The summed E-state index contributed by atoms with van der Waals surface area (Å²) in [5.41, 5.74) is 0.801. The van der Waals surface area contributed by atoms with Gasteiger partial charge in [0.2, 0.25) is 0 Å². The minimum absolute atomic E-state index is 0.266. The second-order valence-electron chi connectivity index (χ2n) is 2.73. The Hall–Kier alpha value is -0.380. The zero-order chi connectivity index (χ0) is 10.1. The van der Waals surface area contributed by atoms with Crippen molar-refractivity contribution in [2.24, 2.45) is 0 Å². The molecule has 0 radical (unpaired) electrons. The third-order valence-corrected chi connectivity index (χ3v) is 2.80. The Morgan fingerprint density at radius 2 is 2.07 bits per heavy atom. The summed E-state index contributed by atoms with van der Waals surface area (Å²) in [6.07, 6.45) is 0. The van der Waals surface area contributed by atoms with Gasteiger partial charge in [0, 0.05) is 9.86 Å². The zero-order valence-corrected chi connectivity index (χ0v) is 10.1. The second kappa shape index (κ2) is 4.01. The zero-order valence-electron chi connectivity index (χ0n) is 6.97. The van der Waals surface area contributed by atoms with E-state index in [1.165, 1.54) is 0 Å². The van der Waals surface area contributed by atoms with Gasteiger partial charge in [-0.05, 0) is 18.2 Å². The summed E-state index contributed by atoms with van der Waals surface area (Å²) in [7, 11) is 0. The summed E-state index contributed by atoms with van der Waals surface area (Å²) >= 11 is 15.0. The van der Waals surface area contributed by atoms with Crippen LogP contribution in [0.25, 0.3) is 10.9 Å². The van der Waals surface area contributed by atoms with Crippen LogP contribution in [0.2, 0.25) is 5.15 Å². The Kier molecular flexibility index (Phi) is 2.91. The van der Waals surface area contributed by atoms with Gasteiger partial charge in [-0.2, -0.15) is 0 Å². The summed E-state index contributed by atoms with van der Waals surface area (Å²) in [5.74, 6) is 0.810. The van der Waals surface area contributed by atoms with Crippen LogP contribution in [0.5, 0.6) is 0 Å². The highest BCUT2D eigenvalue weighted by molar-refractivity contribution is 9.10. The largest absolute Gasteiger partial charge is 0.231 e. The number of rotatable bonds is 1. The number of hydrogen-bond acceptors (Lipinski definition) is 2. The average molecular weight is 292 g/mol. The molecule has 0 fully saturated rings. The molecule has 2 aromatic rings. The topological polar surface area (TPSA) is 25.8 Å². The first kappa shape index (κ1) is 10.1. The third kappa shape index (κ3) is 1.85. The van der Waals surface area contributed by atoms with Crippen molar-refractivity contribution < 1.29 is 0 Å². The molecule has 1 heterocycles. The second-order valence-corrected chi connectivity index (χ2v) is 4.27. The number of alkyl halides is 1. The summed E-state index contributed by atoms with van der Waals surface area (Å²) in [4.78, 5) is 8.31. The molecule has 0 atom stereocenters. The highest BCUT2D eigenvalue weighted by atomic mass is 79.9. The maximum atomic E-state index is 5.97. The SMILES string of the molecule is ClCc1nc(Cl)c2ccc(Br)cc2n1. The van der Waals surface area contributed by atoms with Gasteiger partial charge in [0.25, 0.3) is 0 Å². The van der Waals surface area contributed by atoms with E-state index in [4.69, 9.17) is 23.2 Å². The van der Waals surface area contributed by atoms with Crippen molar-refractivity contribution in [3.8, 4) is 0 Å². The summed E-state index contributed by atoms with van der Waals surface area (Å²) in [6.45, 7) is 0. The van der Waals surface area contributed by atoms with Crippen LogP contribution in [0.15, 0.2) is 22.7 Å². The molecule has 0 N–H and O–H groups in total. The Labute approximate surface area is 99.4 Å². The first-order chi connectivity index (χ1) is 6.70. The van der Waals surface area contributed by atoms with Gasteiger partial charge in [0.05, 0.1) is 11.4 Å². The number of halogens is 3. The molecule has 0 spiro atoms. The molecule has 2 nitrogen and oxygen atoms in total. The van der Waals surface area contributed by atoms with Gasteiger partial charge in [0.1, 0.15) is 11.0 Å². The molecule has 0 aliphatic carbocycles. The van der Waals surface area contributed by atoms with E-state index < -0.39 is 0 Å². The van der Waals surface area contributed by atoms with Crippen LogP contribution < -0.4 is 0 Å². The predicted molar refractivity (Wildman–Crippen MR) is 61.8 cm³/mol. The lowest BCUT2D eigenvalue weighted by Crippen LogP contribution is -1.93. The molecule has 0 aliphatic heterocycles. The predicted octanol–water partition coefficient (Wildman–Crippen LogP) is 3.78. The lowest BCUT2D eigenvalue weighted by Gasteiger charge is -2.02. The lowest BCUT2D eigenvalue weighted by atomic mass is 10.2. The fourth-order valence-electron chi connectivity index (χ4n) is 1.17. The van der Waals surface area contributed by atoms with Crippen LogP contribution in [0.1, 0.15) is 5.82 Å². The highest BCUT2D eigenvalue weighted by Crippen LogP contribution is 2.23. The van der Waals surface area contributed by atoms with Crippen LogP contribution in [-0.4, -0.2) is 9.97 Å². The first-order valence-electron chi connectivity index (χ1n) is 3.88. The van der Waals surface area contributed by atoms with Gasteiger partial charge < -0.3 is 0 Å². The molecule has 0 saturated heterocycles. The summed E-state index contributed by atoms with van der Waals surface area (Å²) < 4.78 is 0.959. The molecule has 5 heteroatoms. The van der Waals surface area contributed by atoms with E-state index in [1.54, 1.807) is 0 Å². The van der Waals surface area contributed by atoms with Crippen molar-refractivity contribution in [2.75, 3.05) is 0 Å². The molecule has 2 rings (SSSR count). The molecule has 14 heavy (non-hydrogen) atoms. The average Bonchev–Trinajstić information content (AvgIpc) is 2.16. The van der Waals surface area contributed by atoms with E-state index in [-0.39, 0.29) is 5.88 Å². The fraction of sp³-hybridized carbons (Fsp3) is 0.111. The standard InChI is InChI=1S/C9H5BrCl2N2/c10-5-1-2-6-7(3-5)13-8(4-11)14-9(6)12/h1-3H,4H2. The maximum absolute atomic E-state index is 5.97. The van der Waals surface area contributed by atoms with Gasteiger partial charge >= 0.3 is 0 Å². The summed E-state index contributed by atoms with van der Waals surface area (Å²) in [5, 5.41) is 1.28. The van der Waals surface area contributed by atoms with E-state index in [2.05, 4.69) is 25.9 Å². The van der Waals surface area contributed by atoms with Crippen LogP contribution in [0, 0.1) is 0 Å². The smallest absolute Gasteiger partial charge is 0.145 e. The minimum atomic E-state index is 0.266. The van der Waals surface area contributed by atoms with Gasteiger partial charge in [-0.3, -0.25) is 0 Å². The van der Waals surface area contributed by atoms with Crippen molar-refractivity contribution in [1.29, 1.82) is 0 Å². The summed E-state index contributed by atoms with van der Waals surface area (Å²) in [6, 6.07) is 5.66. The Balaban J connectivity index is 2.77. The van der Waals surface area contributed by atoms with Crippen molar-refractivity contribution in [2.45, 2.75) is 5.88 Å². The van der Waals surface area contributed by atoms with Crippen molar-refractivity contribution in [3.63, 3.8) is 0 Å². The van der Waals surface area contributed by atoms with Crippen LogP contribution in [0.4, 0.5) is 0 Å². The lowest BCUT2D eigenvalue weighted by molar-refractivity contribution is 1.06. The van der Waals surface area contributed by atoms with Gasteiger partial charge in [-0.25, -0.2) is 9.97 Å². The molecule has 0 aliphatic rings. The van der Waals surface area contributed by atoms with E-state index in [0.29, 0.717) is 11.0 Å². The van der Waals surface area contributed by atoms with E-state index >= 15 is 0 Å². The van der Waals surface area contributed by atoms with Gasteiger partial charge in [-0.15, -0.1) is 11.6 Å². The highest BCUT2D eigenvalue weighted by Gasteiger charge is 2.05. The third-order valence-electron chi connectivity index (χ3n) is 1.78. The van der Waals surface area contributed by atoms with E-state index in [1.807, 2.05) is 18.2 Å². The normalized spacial score (nSPS) is 10.8. The van der Waals surface area contributed by atoms with Crippen LogP contribution in [0.3, 0.4) is 0 Å². The molecule has 1 aromatic heterocycles.